The van der Waals surface area contributed by atoms with Crippen molar-refractivity contribution in [2.45, 2.75) is 19.4 Å². The standard InChI is InChI=1S/C20H22FN3O/c21-17-7-5-15(6-8-17)13-24-20(25)10-12-22-11-9-16-14-23-19-4-2-1-3-18(16)19/h1-8,14,22-23H,9-13H2,(H,24,25). The molecule has 130 valence electrons. The summed E-state index contributed by atoms with van der Waals surface area (Å²) in [5.74, 6) is -0.279. The van der Waals surface area contributed by atoms with Gasteiger partial charge in [0.25, 0.3) is 0 Å². The van der Waals surface area contributed by atoms with E-state index in [9.17, 15) is 9.18 Å². The fourth-order valence-electron chi connectivity index (χ4n) is 2.78. The van der Waals surface area contributed by atoms with Crippen molar-refractivity contribution in [1.82, 2.24) is 15.6 Å². The van der Waals surface area contributed by atoms with Gasteiger partial charge in [-0.25, -0.2) is 4.39 Å². The number of hydrogen-bond donors (Lipinski definition) is 3. The number of hydrogen-bond acceptors (Lipinski definition) is 2. The first-order valence-electron chi connectivity index (χ1n) is 8.49. The van der Waals surface area contributed by atoms with Crippen LogP contribution < -0.4 is 10.6 Å². The summed E-state index contributed by atoms with van der Waals surface area (Å²) in [5.41, 5.74) is 3.32. The molecule has 0 saturated heterocycles. The molecule has 0 aliphatic rings. The Balaban J connectivity index is 1.33. The van der Waals surface area contributed by atoms with Gasteiger partial charge in [-0.15, -0.1) is 0 Å². The number of halogens is 1. The van der Waals surface area contributed by atoms with Gasteiger partial charge in [0.15, 0.2) is 0 Å². The number of benzene rings is 2. The Hall–Kier alpha value is -2.66. The summed E-state index contributed by atoms with van der Waals surface area (Å²) in [7, 11) is 0. The van der Waals surface area contributed by atoms with E-state index in [1.54, 1.807) is 12.1 Å². The molecule has 3 aromatic rings. The molecule has 0 aliphatic heterocycles. The number of rotatable bonds is 8. The Bertz CT molecular complexity index is 826. The maximum absolute atomic E-state index is 12.8. The number of H-pyrrole nitrogens is 1. The van der Waals surface area contributed by atoms with Crippen molar-refractivity contribution in [3.8, 4) is 0 Å². The zero-order chi connectivity index (χ0) is 17.5. The fraction of sp³-hybridized carbons (Fsp3) is 0.250. The molecule has 0 radical (unpaired) electrons. The minimum atomic E-state index is -0.269. The summed E-state index contributed by atoms with van der Waals surface area (Å²) in [6.07, 6.45) is 3.39. The van der Waals surface area contributed by atoms with Gasteiger partial charge in [0.05, 0.1) is 0 Å². The van der Waals surface area contributed by atoms with Gasteiger partial charge < -0.3 is 15.6 Å². The van der Waals surface area contributed by atoms with Crippen LogP contribution in [-0.2, 0) is 17.8 Å². The number of carbonyl (C=O) groups excluding carboxylic acids is 1. The van der Waals surface area contributed by atoms with E-state index in [1.807, 2.05) is 18.3 Å². The van der Waals surface area contributed by atoms with Gasteiger partial charge in [0, 0.05) is 36.6 Å². The lowest BCUT2D eigenvalue weighted by molar-refractivity contribution is -0.121. The third-order valence-corrected chi connectivity index (χ3v) is 4.18. The van der Waals surface area contributed by atoms with Crippen LogP contribution in [0.1, 0.15) is 17.5 Å². The Morgan fingerprint density at radius 3 is 2.68 bits per heavy atom. The third-order valence-electron chi connectivity index (χ3n) is 4.18. The van der Waals surface area contributed by atoms with Gasteiger partial charge in [-0.2, -0.15) is 0 Å². The maximum atomic E-state index is 12.8. The highest BCUT2D eigenvalue weighted by atomic mass is 19.1. The maximum Gasteiger partial charge on any atom is 0.221 e. The Morgan fingerprint density at radius 2 is 1.84 bits per heavy atom. The quantitative estimate of drug-likeness (QED) is 0.552. The van der Waals surface area contributed by atoms with Gasteiger partial charge in [-0.3, -0.25) is 4.79 Å². The SMILES string of the molecule is O=C(CCNCCc1c[nH]c2ccccc12)NCc1ccc(F)cc1. The van der Waals surface area contributed by atoms with Gasteiger partial charge in [-0.1, -0.05) is 30.3 Å². The largest absolute Gasteiger partial charge is 0.361 e. The summed E-state index contributed by atoms with van der Waals surface area (Å²) in [4.78, 5) is 15.1. The molecule has 1 heterocycles. The first-order valence-corrected chi connectivity index (χ1v) is 8.49. The molecule has 0 saturated carbocycles. The van der Waals surface area contributed by atoms with E-state index in [0.717, 1.165) is 24.0 Å². The van der Waals surface area contributed by atoms with Gasteiger partial charge in [-0.05, 0) is 42.3 Å². The van der Waals surface area contributed by atoms with Crippen molar-refractivity contribution >= 4 is 16.8 Å². The third kappa shape index (κ3) is 4.90. The molecule has 0 atom stereocenters. The van der Waals surface area contributed by atoms with Crippen LogP contribution in [0.5, 0.6) is 0 Å². The summed E-state index contributed by atoms with van der Waals surface area (Å²) in [6, 6.07) is 14.4. The van der Waals surface area contributed by atoms with E-state index in [0.29, 0.717) is 19.5 Å². The van der Waals surface area contributed by atoms with Crippen molar-refractivity contribution < 1.29 is 9.18 Å². The van der Waals surface area contributed by atoms with Crippen LogP contribution in [0.2, 0.25) is 0 Å². The lowest BCUT2D eigenvalue weighted by Crippen LogP contribution is -2.28. The van der Waals surface area contributed by atoms with Crippen molar-refractivity contribution in [3.63, 3.8) is 0 Å². The fourth-order valence-corrected chi connectivity index (χ4v) is 2.78. The van der Waals surface area contributed by atoms with Crippen molar-refractivity contribution in [1.29, 1.82) is 0 Å². The smallest absolute Gasteiger partial charge is 0.221 e. The minimum absolute atomic E-state index is 0.0103. The zero-order valence-corrected chi connectivity index (χ0v) is 14.0. The molecule has 0 unspecified atom stereocenters. The lowest BCUT2D eigenvalue weighted by Gasteiger charge is -2.07. The second-order valence-corrected chi connectivity index (χ2v) is 6.01. The van der Waals surface area contributed by atoms with Crippen LogP contribution in [-0.4, -0.2) is 24.0 Å². The molecule has 0 fully saturated rings. The lowest BCUT2D eigenvalue weighted by atomic mass is 10.1. The average Bonchev–Trinajstić information content (AvgIpc) is 3.04. The molecule has 25 heavy (non-hydrogen) atoms. The Labute approximate surface area is 146 Å². The summed E-state index contributed by atoms with van der Waals surface area (Å²) >= 11 is 0. The number of fused-ring (bicyclic) bond motifs is 1. The minimum Gasteiger partial charge on any atom is -0.361 e. The predicted molar refractivity (Wildman–Crippen MR) is 97.7 cm³/mol. The first kappa shape index (κ1) is 17.2. The zero-order valence-electron chi connectivity index (χ0n) is 14.0. The molecule has 1 aromatic heterocycles. The van der Waals surface area contributed by atoms with E-state index in [1.165, 1.54) is 23.1 Å². The molecular weight excluding hydrogens is 317 g/mol. The second kappa shape index (κ2) is 8.44. The topological polar surface area (TPSA) is 56.9 Å². The molecule has 4 nitrogen and oxygen atoms in total. The summed E-state index contributed by atoms with van der Waals surface area (Å²) in [5, 5.41) is 7.39. The molecule has 2 aromatic carbocycles. The van der Waals surface area contributed by atoms with E-state index in [4.69, 9.17) is 0 Å². The highest BCUT2D eigenvalue weighted by Crippen LogP contribution is 2.17. The summed E-state index contributed by atoms with van der Waals surface area (Å²) < 4.78 is 12.8. The number of nitrogens with one attached hydrogen (secondary N) is 3. The van der Waals surface area contributed by atoms with Gasteiger partial charge in [0.1, 0.15) is 5.82 Å². The number of aromatic nitrogens is 1. The second-order valence-electron chi connectivity index (χ2n) is 6.01. The Morgan fingerprint density at radius 1 is 1.04 bits per heavy atom. The van der Waals surface area contributed by atoms with Gasteiger partial charge >= 0.3 is 0 Å². The van der Waals surface area contributed by atoms with Crippen molar-refractivity contribution in [3.05, 3.63) is 71.7 Å². The number of carbonyl (C=O) groups is 1. The average molecular weight is 339 g/mol. The molecule has 0 spiro atoms. The summed E-state index contributed by atoms with van der Waals surface area (Å²) in [6.45, 7) is 1.89. The molecular formula is C20H22FN3O. The van der Waals surface area contributed by atoms with Crippen LogP contribution in [0.3, 0.4) is 0 Å². The van der Waals surface area contributed by atoms with Crippen LogP contribution in [0.4, 0.5) is 4.39 Å². The molecule has 5 heteroatoms. The molecule has 0 aliphatic carbocycles. The van der Waals surface area contributed by atoms with E-state index < -0.39 is 0 Å². The van der Waals surface area contributed by atoms with Crippen molar-refractivity contribution in [2.75, 3.05) is 13.1 Å². The van der Waals surface area contributed by atoms with Crippen LogP contribution in [0.15, 0.2) is 54.7 Å². The van der Waals surface area contributed by atoms with Crippen LogP contribution in [0, 0.1) is 5.82 Å². The number of amides is 1. The predicted octanol–water partition coefficient (Wildman–Crippen LogP) is 3.15. The van der Waals surface area contributed by atoms with Crippen LogP contribution in [0.25, 0.3) is 10.9 Å². The highest BCUT2D eigenvalue weighted by molar-refractivity contribution is 5.83. The number of para-hydroxylation sites is 1. The molecule has 0 bridgehead atoms. The van der Waals surface area contributed by atoms with Gasteiger partial charge in [0.2, 0.25) is 5.91 Å². The van der Waals surface area contributed by atoms with E-state index in [2.05, 4.69) is 27.8 Å². The molecule has 1 amide bonds. The first-order chi connectivity index (χ1) is 12.2. The molecule has 3 rings (SSSR count). The van der Waals surface area contributed by atoms with E-state index in [-0.39, 0.29) is 11.7 Å². The Kier molecular flexibility index (Phi) is 5.80. The van der Waals surface area contributed by atoms with Crippen molar-refractivity contribution in [2.24, 2.45) is 0 Å². The normalized spacial score (nSPS) is 10.9. The highest BCUT2D eigenvalue weighted by Gasteiger charge is 2.04. The van der Waals surface area contributed by atoms with Crippen LogP contribution >= 0.6 is 0 Å². The molecule has 3 N–H and O–H groups in total. The number of aromatic amines is 1. The van der Waals surface area contributed by atoms with E-state index >= 15 is 0 Å². The monoisotopic (exact) mass is 339 g/mol.